The molecule has 0 fully saturated rings. The summed E-state index contributed by atoms with van der Waals surface area (Å²) in [4.78, 5) is 12.4. The predicted octanol–water partition coefficient (Wildman–Crippen LogP) is 5.87. The lowest BCUT2D eigenvalue weighted by atomic mass is 10.1. The zero-order chi connectivity index (χ0) is 22.4. The van der Waals surface area contributed by atoms with Gasteiger partial charge in [0.15, 0.2) is 0 Å². The first-order chi connectivity index (χ1) is 14.9. The molecule has 0 heterocycles. The molecule has 0 saturated heterocycles. The van der Waals surface area contributed by atoms with Gasteiger partial charge in [0.25, 0.3) is 5.91 Å². The third-order valence-electron chi connectivity index (χ3n) is 4.09. The first kappa shape index (κ1) is 23.0. The van der Waals surface area contributed by atoms with Crippen LogP contribution in [0.5, 0.6) is 11.5 Å². The molecular weight excluding hydrogens is 625 g/mol. The van der Waals surface area contributed by atoms with E-state index < -0.39 is 5.91 Å². The lowest BCUT2D eigenvalue weighted by Gasteiger charge is -2.12. The van der Waals surface area contributed by atoms with Crippen LogP contribution in [0.15, 0.2) is 66.2 Å². The summed E-state index contributed by atoms with van der Waals surface area (Å²) in [6, 6.07) is 17.7. The van der Waals surface area contributed by atoms with Crippen LogP contribution in [0.4, 0.5) is 10.1 Å². The molecular formula is C23H15FI2N2O3. The molecule has 0 unspecified atom stereocenters. The highest BCUT2D eigenvalue weighted by molar-refractivity contribution is 14.1. The number of amides is 1. The van der Waals surface area contributed by atoms with Gasteiger partial charge in [-0.05, 0) is 111 Å². The lowest BCUT2D eigenvalue weighted by molar-refractivity contribution is -0.112. The Morgan fingerprint density at radius 2 is 1.81 bits per heavy atom. The number of aromatic hydroxyl groups is 1. The van der Waals surface area contributed by atoms with E-state index in [9.17, 15) is 19.6 Å². The average molecular weight is 640 g/mol. The second-order valence-corrected chi connectivity index (χ2v) is 8.73. The fraction of sp³-hybridized carbons (Fsp3) is 0.0435. The number of phenols is 1. The molecule has 3 aromatic carbocycles. The first-order valence-electron chi connectivity index (χ1n) is 8.94. The Morgan fingerprint density at radius 3 is 2.42 bits per heavy atom. The van der Waals surface area contributed by atoms with Gasteiger partial charge in [-0.25, -0.2) is 4.39 Å². The third kappa shape index (κ3) is 6.41. The summed E-state index contributed by atoms with van der Waals surface area (Å²) >= 11 is 4.24. The minimum absolute atomic E-state index is 0.0619. The molecule has 0 saturated carbocycles. The minimum atomic E-state index is -0.551. The zero-order valence-corrected chi connectivity index (χ0v) is 20.2. The van der Waals surface area contributed by atoms with Crippen LogP contribution in [-0.2, 0) is 11.4 Å². The number of halogens is 3. The summed E-state index contributed by atoms with van der Waals surface area (Å²) in [5.41, 5.74) is 1.79. The van der Waals surface area contributed by atoms with E-state index in [0.29, 0.717) is 22.6 Å². The molecule has 0 radical (unpaired) electrons. The van der Waals surface area contributed by atoms with Crippen LogP contribution in [0.2, 0.25) is 0 Å². The van der Waals surface area contributed by atoms with Crippen molar-refractivity contribution in [3.63, 3.8) is 0 Å². The van der Waals surface area contributed by atoms with Crippen LogP contribution < -0.4 is 10.1 Å². The molecule has 31 heavy (non-hydrogen) atoms. The number of anilines is 1. The van der Waals surface area contributed by atoms with E-state index in [0.717, 1.165) is 7.14 Å². The highest BCUT2D eigenvalue weighted by Crippen LogP contribution is 2.30. The van der Waals surface area contributed by atoms with Crippen LogP contribution in [0.3, 0.4) is 0 Å². The number of benzene rings is 3. The summed E-state index contributed by atoms with van der Waals surface area (Å²) in [6.07, 6.45) is 1.50. The molecule has 156 valence electrons. The number of hydrogen-bond donors (Lipinski definition) is 2. The molecule has 5 nitrogen and oxygen atoms in total. The topological polar surface area (TPSA) is 82.3 Å². The molecule has 0 aliphatic heterocycles. The molecule has 3 aromatic rings. The van der Waals surface area contributed by atoms with Crippen molar-refractivity contribution in [3.8, 4) is 17.6 Å². The van der Waals surface area contributed by atoms with Crippen molar-refractivity contribution in [3.05, 3.63) is 90.3 Å². The number of phenolic OH excluding ortho intramolecular Hbond substituents is 1. The second kappa shape index (κ2) is 10.6. The third-order valence-corrected chi connectivity index (χ3v) is 5.70. The number of carbonyl (C=O) groups excluding carboxylic acids is 1. The second-order valence-electron chi connectivity index (χ2n) is 6.40. The van der Waals surface area contributed by atoms with E-state index in [4.69, 9.17) is 4.74 Å². The van der Waals surface area contributed by atoms with E-state index in [2.05, 4.69) is 50.5 Å². The molecule has 0 spiro atoms. The number of hydrogen-bond acceptors (Lipinski definition) is 4. The lowest BCUT2D eigenvalue weighted by Crippen LogP contribution is -2.13. The maximum absolute atomic E-state index is 13.3. The van der Waals surface area contributed by atoms with E-state index in [1.165, 1.54) is 30.3 Å². The van der Waals surface area contributed by atoms with Gasteiger partial charge in [-0.15, -0.1) is 0 Å². The van der Waals surface area contributed by atoms with Gasteiger partial charge < -0.3 is 15.2 Å². The number of ether oxygens (including phenoxy) is 1. The monoisotopic (exact) mass is 640 g/mol. The quantitative estimate of drug-likeness (QED) is 0.153. The van der Waals surface area contributed by atoms with Crippen molar-refractivity contribution >= 4 is 62.9 Å². The van der Waals surface area contributed by atoms with Gasteiger partial charge in [0, 0.05) is 5.69 Å². The number of carbonyl (C=O) groups is 1. The van der Waals surface area contributed by atoms with Crippen molar-refractivity contribution in [1.29, 1.82) is 5.26 Å². The van der Waals surface area contributed by atoms with Crippen LogP contribution >= 0.6 is 45.2 Å². The summed E-state index contributed by atoms with van der Waals surface area (Å²) in [5.74, 6) is -0.141. The van der Waals surface area contributed by atoms with Crippen LogP contribution in [0.1, 0.15) is 11.1 Å². The van der Waals surface area contributed by atoms with Crippen LogP contribution in [0.25, 0.3) is 6.08 Å². The summed E-state index contributed by atoms with van der Waals surface area (Å²) < 4.78 is 20.8. The average Bonchev–Trinajstić information content (AvgIpc) is 2.73. The van der Waals surface area contributed by atoms with Gasteiger partial charge in [-0.1, -0.05) is 12.1 Å². The normalized spacial score (nSPS) is 11.0. The SMILES string of the molecule is N#C/C(=C\c1cc(I)c(OCc2cccc(F)c2)c(I)c1)C(=O)Nc1ccc(O)cc1. The van der Waals surface area contributed by atoms with Gasteiger partial charge in [0.05, 0.1) is 7.14 Å². The smallest absolute Gasteiger partial charge is 0.266 e. The predicted molar refractivity (Wildman–Crippen MR) is 133 cm³/mol. The van der Waals surface area contributed by atoms with Gasteiger partial charge in [-0.2, -0.15) is 5.26 Å². The Bertz CT molecular complexity index is 1170. The van der Waals surface area contributed by atoms with E-state index in [1.54, 1.807) is 36.4 Å². The van der Waals surface area contributed by atoms with Crippen molar-refractivity contribution in [2.75, 3.05) is 5.32 Å². The summed E-state index contributed by atoms with van der Waals surface area (Å²) in [7, 11) is 0. The Kier molecular flexibility index (Phi) is 7.86. The van der Waals surface area contributed by atoms with E-state index >= 15 is 0 Å². The molecule has 0 aromatic heterocycles. The van der Waals surface area contributed by atoms with Crippen LogP contribution in [-0.4, -0.2) is 11.0 Å². The maximum Gasteiger partial charge on any atom is 0.266 e. The minimum Gasteiger partial charge on any atom is -0.508 e. The fourth-order valence-electron chi connectivity index (χ4n) is 2.64. The molecule has 0 bridgehead atoms. The molecule has 0 aliphatic rings. The van der Waals surface area contributed by atoms with Gasteiger partial charge in [0.2, 0.25) is 0 Å². The van der Waals surface area contributed by atoms with Crippen LogP contribution in [0, 0.1) is 24.3 Å². The number of nitriles is 1. The highest BCUT2D eigenvalue weighted by Gasteiger charge is 2.13. The van der Waals surface area contributed by atoms with Gasteiger partial charge in [0.1, 0.15) is 35.6 Å². The zero-order valence-electron chi connectivity index (χ0n) is 15.9. The number of rotatable bonds is 6. The molecule has 2 N–H and O–H groups in total. The van der Waals surface area contributed by atoms with E-state index in [1.807, 2.05) is 6.07 Å². The standard InChI is InChI=1S/C23H15FI2N2O3/c24-17-3-1-2-14(9-17)13-31-22-20(25)10-15(11-21(22)26)8-16(12-27)23(30)28-18-4-6-19(29)7-5-18/h1-11,29H,13H2,(H,28,30)/b16-8+. The molecule has 3 rings (SSSR count). The Morgan fingerprint density at radius 1 is 1.13 bits per heavy atom. The highest BCUT2D eigenvalue weighted by atomic mass is 127. The molecule has 0 aliphatic carbocycles. The Hall–Kier alpha value is -2.65. The number of nitrogens with zero attached hydrogens (tertiary/aromatic N) is 1. The molecule has 1 amide bonds. The van der Waals surface area contributed by atoms with Crippen molar-refractivity contribution in [2.24, 2.45) is 0 Å². The van der Waals surface area contributed by atoms with Crippen molar-refractivity contribution in [1.82, 2.24) is 0 Å². The van der Waals surface area contributed by atoms with Crippen molar-refractivity contribution < 1.29 is 19.0 Å². The number of nitrogens with one attached hydrogen (secondary N) is 1. The molecule has 8 heteroatoms. The summed E-state index contributed by atoms with van der Waals surface area (Å²) in [6.45, 7) is 0.220. The Balaban J connectivity index is 1.76. The van der Waals surface area contributed by atoms with Crippen molar-refractivity contribution in [2.45, 2.75) is 6.61 Å². The maximum atomic E-state index is 13.3. The fourth-order valence-corrected chi connectivity index (χ4v) is 4.77. The summed E-state index contributed by atoms with van der Waals surface area (Å²) in [5, 5.41) is 21.4. The first-order valence-corrected chi connectivity index (χ1v) is 11.1. The van der Waals surface area contributed by atoms with Gasteiger partial charge >= 0.3 is 0 Å². The Labute approximate surface area is 205 Å². The van der Waals surface area contributed by atoms with Gasteiger partial charge in [-0.3, -0.25) is 4.79 Å². The van der Waals surface area contributed by atoms with E-state index in [-0.39, 0.29) is 23.7 Å². The molecule has 0 atom stereocenters. The largest absolute Gasteiger partial charge is 0.508 e.